The molecular weight excluding hydrogens is 261 g/mol. The quantitative estimate of drug-likeness (QED) is 0.614. The molecule has 1 aliphatic rings. The predicted octanol–water partition coefficient (Wildman–Crippen LogP) is 3.23. The van der Waals surface area contributed by atoms with Crippen molar-refractivity contribution in [3.63, 3.8) is 0 Å². The molecule has 0 unspecified atom stereocenters. The lowest BCUT2D eigenvalue weighted by atomic mass is 9.93. The Morgan fingerprint density at radius 2 is 1.95 bits per heavy atom. The number of alkyl halides is 1. The van der Waals surface area contributed by atoms with Crippen LogP contribution in [0.5, 0.6) is 11.5 Å². The maximum Gasteiger partial charge on any atom is 0.235 e. The Kier molecular flexibility index (Phi) is 3.57. The van der Waals surface area contributed by atoms with E-state index < -0.39 is 11.2 Å². The van der Waals surface area contributed by atoms with Gasteiger partial charge in [0.25, 0.3) is 0 Å². The fraction of sp³-hybridized carbons (Fsp3) is 0.533. The fourth-order valence-electron chi connectivity index (χ4n) is 2.30. The van der Waals surface area contributed by atoms with E-state index in [1.807, 2.05) is 0 Å². The summed E-state index contributed by atoms with van der Waals surface area (Å²) in [5.41, 5.74) is -1.00. The molecule has 2 rings (SSSR count). The molecule has 1 aromatic carbocycles. The molecule has 0 heterocycles. The molecule has 0 radical (unpaired) electrons. The average molecular weight is 279 g/mol. The van der Waals surface area contributed by atoms with Crippen LogP contribution in [0.3, 0.4) is 0 Å². The number of hydrogen-bond donors (Lipinski definition) is 0. The molecule has 0 spiro atoms. The van der Waals surface area contributed by atoms with E-state index in [9.17, 15) is 9.18 Å². The Balaban J connectivity index is 2.68. The molecule has 108 valence electrons. The highest BCUT2D eigenvalue weighted by Crippen LogP contribution is 2.55. The number of aliphatic imine (C=N–C) groups is 1. The van der Waals surface area contributed by atoms with Crippen LogP contribution >= 0.6 is 0 Å². The van der Waals surface area contributed by atoms with Crippen LogP contribution in [0.4, 0.5) is 4.39 Å². The van der Waals surface area contributed by atoms with Gasteiger partial charge < -0.3 is 9.47 Å². The zero-order valence-electron chi connectivity index (χ0n) is 12.1. The number of benzene rings is 1. The minimum absolute atomic E-state index is 0.443. The first kappa shape index (κ1) is 14.5. The van der Waals surface area contributed by atoms with Crippen molar-refractivity contribution in [2.24, 2.45) is 4.99 Å². The summed E-state index contributed by atoms with van der Waals surface area (Å²) in [5.74, 6) is 0.940. The summed E-state index contributed by atoms with van der Waals surface area (Å²) in [4.78, 5) is 14.5. The van der Waals surface area contributed by atoms with Crippen molar-refractivity contribution in [1.29, 1.82) is 0 Å². The Hall–Kier alpha value is -1.87. The fourth-order valence-corrected chi connectivity index (χ4v) is 2.30. The van der Waals surface area contributed by atoms with Crippen molar-refractivity contribution < 1.29 is 18.7 Å². The van der Waals surface area contributed by atoms with E-state index in [1.54, 1.807) is 18.2 Å². The topological polar surface area (TPSA) is 47.9 Å². The molecule has 1 fully saturated rings. The van der Waals surface area contributed by atoms with Gasteiger partial charge in [-0.05, 0) is 44.4 Å². The molecule has 0 N–H and O–H groups in total. The van der Waals surface area contributed by atoms with Gasteiger partial charge in [0.2, 0.25) is 6.08 Å². The second kappa shape index (κ2) is 4.91. The molecule has 1 aromatic rings. The van der Waals surface area contributed by atoms with Crippen molar-refractivity contribution in [2.45, 2.75) is 37.9 Å². The van der Waals surface area contributed by atoms with Crippen LogP contribution in [0.25, 0.3) is 0 Å². The van der Waals surface area contributed by atoms with E-state index >= 15 is 0 Å². The molecule has 1 aliphatic carbocycles. The van der Waals surface area contributed by atoms with Crippen molar-refractivity contribution in [1.82, 2.24) is 0 Å². The minimum Gasteiger partial charge on any atom is -0.493 e. The van der Waals surface area contributed by atoms with Crippen molar-refractivity contribution in [3.05, 3.63) is 23.3 Å². The van der Waals surface area contributed by atoms with Gasteiger partial charge in [-0.25, -0.2) is 9.18 Å². The summed E-state index contributed by atoms with van der Waals surface area (Å²) in [7, 11) is 3.02. The van der Waals surface area contributed by atoms with Gasteiger partial charge in [-0.2, -0.15) is 4.99 Å². The zero-order chi connectivity index (χ0) is 15.0. The number of rotatable bonds is 5. The van der Waals surface area contributed by atoms with Crippen LogP contribution in [0.2, 0.25) is 0 Å². The molecule has 0 aliphatic heterocycles. The SMILES string of the molecule is COc1cc(C(C)(C)F)cc(C2(N=C=O)CC2)c1OC. The van der Waals surface area contributed by atoms with Crippen LogP contribution in [-0.4, -0.2) is 20.3 Å². The highest BCUT2D eigenvalue weighted by Gasteiger charge is 2.48. The molecule has 5 heteroatoms. The van der Waals surface area contributed by atoms with Crippen LogP contribution in [0, 0.1) is 0 Å². The zero-order valence-corrected chi connectivity index (χ0v) is 12.1. The number of methoxy groups -OCH3 is 2. The van der Waals surface area contributed by atoms with Crippen LogP contribution < -0.4 is 9.47 Å². The Labute approximate surface area is 117 Å². The highest BCUT2D eigenvalue weighted by atomic mass is 19.1. The van der Waals surface area contributed by atoms with Gasteiger partial charge in [0.1, 0.15) is 11.2 Å². The second-order valence-corrected chi connectivity index (χ2v) is 5.47. The molecule has 20 heavy (non-hydrogen) atoms. The Bertz CT molecular complexity index is 567. The predicted molar refractivity (Wildman–Crippen MR) is 72.7 cm³/mol. The van der Waals surface area contributed by atoms with Gasteiger partial charge in [0, 0.05) is 5.56 Å². The normalized spacial score (nSPS) is 16.2. The van der Waals surface area contributed by atoms with E-state index in [-0.39, 0.29) is 0 Å². The lowest BCUT2D eigenvalue weighted by molar-refractivity contribution is 0.220. The maximum atomic E-state index is 14.2. The van der Waals surface area contributed by atoms with Crippen molar-refractivity contribution >= 4 is 6.08 Å². The van der Waals surface area contributed by atoms with E-state index in [0.29, 0.717) is 22.6 Å². The van der Waals surface area contributed by atoms with Gasteiger partial charge in [0.15, 0.2) is 11.5 Å². The summed E-state index contributed by atoms with van der Waals surface area (Å²) in [6.07, 6.45) is 3.04. The molecule has 0 saturated heterocycles. The third-order valence-electron chi connectivity index (χ3n) is 3.65. The summed E-state index contributed by atoms with van der Waals surface area (Å²) >= 11 is 0. The first-order valence-electron chi connectivity index (χ1n) is 6.43. The summed E-state index contributed by atoms with van der Waals surface area (Å²) in [5, 5.41) is 0. The number of halogens is 1. The molecule has 0 bridgehead atoms. The second-order valence-electron chi connectivity index (χ2n) is 5.47. The van der Waals surface area contributed by atoms with E-state index in [1.165, 1.54) is 28.1 Å². The first-order valence-corrected chi connectivity index (χ1v) is 6.43. The number of hydrogen-bond acceptors (Lipinski definition) is 4. The van der Waals surface area contributed by atoms with Gasteiger partial charge in [0.05, 0.1) is 14.2 Å². The minimum atomic E-state index is -1.52. The van der Waals surface area contributed by atoms with Gasteiger partial charge in [-0.15, -0.1) is 0 Å². The average Bonchev–Trinajstić information content (AvgIpc) is 3.17. The number of isocyanates is 1. The molecule has 0 atom stereocenters. The lowest BCUT2D eigenvalue weighted by Gasteiger charge is -2.22. The maximum absolute atomic E-state index is 14.2. The largest absolute Gasteiger partial charge is 0.493 e. The molecular formula is C15H18FNO3. The highest BCUT2D eigenvalue weighted by molar-refractivity contribution is 5.56. The smallest absolute Gasteiger partial charge is 0.235 e. The van der Waals surface area contributed by atoms with E-state index in [0.717, 1.165) is 12.8 Å². The standard InChI is InChI=1S/C15H18FNO3/c1-14(2,16)10-7-11(15(5-6-15)17-9-18)13(20-4)12(8-10)19-3/h7-8H,5-6H2,1-4H3. The van der Waals surface area contributed by atoms with Crippen molar-refractivity contribution in [2.75, 3.05) is 14.2 Å². The Morgan fingerprint density at radius 3 is 2.35 bits per heavy atom. The third-order valence-corrected chi connectivity index (χ3v) is 3.65. The molecule has 1 saturated carbocycles. The molecule has 4 nitrogen and oxygen atoms in total. The van der Waals surface area contributed by atoms with E-state index in [2.05, 4.69) is 4.99 Å². The van der Waals surface area contributed by atoms with Gasteiger partial charge in [-0.1, -0.05) is 0 Å². The first-order chi connectivity index (χ1) is 9.38. The van der Waals surface area contributed by atoms with Gasteiger partial charge >= 0.3 is 0 Å². The van der Waals surface area contributed by atoms with Crippen LogP contribution in [0.1, 0.15) is 37.8 Å². The summed E-state index contributed by atoms with van der Waals surface area (Å²) < 4.78 is 24.9. The number of nitrogens with zero attached hydrogens (tertiary/aromatic N) is 1. The monoisotopic (exact) mass is 279 g/mol. The van der Waals surface area contributed by atoms with Crippen LogP contribution in [0.15, 0.2) is 17.1 Å². The number of carbonyl (C=O) groups excluding carboxylic acids is 1. The number of ether oxygens (including phenoxy) is 2. The molecule has 0 aromatic heterocycles. The summed E-state index contributed by atoms with van der Waals surface area (Å²) in [6, 6.07) is 3.32. The van der Waals surface area contributed by atoms with Crippen LogP contribution in [-0.2, 0) is 16.0 Å². The third kappa shape index (κ3) is 2.41. The summed E-state index contributed by atoms with van der Waals surface area (Å²) in [6.45, 7) is 2.95. The van der Waals surface area contributed by atoms with Crippen molar-refractivity contribution in [3.8, 4) is 11.5 Å². The van der Waals surface area contributed by atoms with E-state index in [4.69, 9.17) is 9.47 Å². The molecule has 0 amide bonds. The lowest BCUT2D eigenvalue weighted by Crippen LogP contribution is -2.14. The Morgan fingerprint density at radius 1 is 1.30 bits per heavy atom. The van der Waals surface area contributed by atoms with Gasteiger partial charge in [-0.3, -0.25) is 0 Å².